The number of esters is 1. The minimum atomic E-state index is -0.465. The lowest BCUT2D eigenvalue weighted by Crippen LogP contribution is -2.29. The Morgan fingerprint density at radius 1 is 1.39 bits per heavy atom. The zero-order valence-corrected chi connectivity index (χ0v) is 11.1. The van der Waals surface area contributed by atoms with E-state index < -0.39 is 5.97 Å². The molecule has 0 amide bonds. The summed E-state index contributed by atoms with van der Waals surface area (Å²) in [6.07, 6.45) is 2.15. The van der Waals surface area contributed by atoms with Gasteiger partial charge in [0.2, 0.25) is 5.82 Å². The van der Waals surface area contributed by atoms with Gasteiger partial charge in [-0.1, -0.05) is 0 Å². The van der Waals surface area contributed by atoms with Gasteiger partial charge in [-0.15, -0.1) is 0 Å². The molecule has 0 radical (unpaired) electrons. The number of hydrogen-bond acceptors (Lipinski definition) is 5. The summed E-state index contributed by atoms with van der Waals surface area (Å²) >= 11 is 0. The van der Waals surface area contributed by atoms with Gasteiger partial charge in [0.05, 0.1) is 7.11 Å². The predicted octanol–water partition coefficient (Wildman–Crippen LogP) is 1.38. The highest BCUT2D eigenvalue weighted by molar-refractivity contribution is 5.85. The zero-order chi connectivity index (χ0) is 13.1. The first-order valence-corrected chi connectivity index (χ1v) is 6.22. The third kappa shape index (κ3) is 2.85. The molecule has 18 heavy (non-hydrogen) atoms. The normalized spacial score (nSPS) is 17.7. The van der Waals surface area contributed by atoms with E-state index in [4.69, 9.17) is 0 Å². The van der Waals surface area contributed by atoms with Crippen LogP contribution in [-0.4, -0.2) is 48.1 Å². The van der Waals surface area contributed by atoms with Crippen molar-refractivity contribution in [2.75, 3.05) is 27.2 Å². The molecule has 5 nitrogen and oxygen atoms in total. The number of piperidine rings is 1. The average molecular weight is 249 g/mol. The molecular weight excluding hydrogens is 230 g/mol. The SMILES string of the molecule is COC(=O)c1nc(C)cc(C2CCN(C)CC2)n1. The molecule has 5 heteroatoms. The van der Waals surface area contributed by atoms with Crippen molar-refractivity contribution in [2.45, 2.75) is 25.7 Å². The van der Waals surface area contributed by atoms with Gasteiger partial charge in [-0.3, -0.25) is 0 Å². The maximum atomic E-state index is 11.5. The number of aryl methyl sites for hydroxylation is 1. The van der Waals surface area contributed by atoms with E-state index in [-0.39, 0.29) is 5.82 Å². The summed E-state index contributed by atoms with van der Waals surface area (Å²) in [6, 6.07) is 1.97. The molecule has 0 aliphatic carbocycles. The molecule has 1 aromatic rings. The lowest BCUT2D eigenvalue weighted by Gasteiger charge is -2.28. The zero-order valence-electron chi connectivity index (χ0n) is 11.1. The van der Waals surface area contributed by atoms with E-state index in [2.05, 4.69) is 26.7 Å². The highest BCUT2D eigenvalue weighted by atomic mass is 16.5. The third-order valence-electron chi connectivity index (χ3n) is 3.38. The molecule has 1 aliphatic heterocycles. The minimum absolute atomic E-state index is 0.173. The van der Waals surface area contributed by atoms with Crippen LogP contribution in [0, 0.1) is 6.92 Å². The van der Waals surface area contributed by atoms with E-state index in [1.165, 1.54) is 7.11 Å². The summed E-state index contributed by atoms with van der Waals surface area (Å²) in [5.74, 6) is 0.130. The fraction of sp³-hybridized carbons (Fsp3) is 0.615. The summed E-state index contributed by atoms with van der Waals surface area (Å²) in [6.45, 7) is 4.02. The Kier molecular flexibility index (Phi) is 3.91. The number of likely N-dealkylation sites (tertiary alicyclic amines) is 1. The molecule has 0 unspecified atom stereocenters. The number of carbonyl (C=O) groups excluding carboxylic acids is 1. The summed E-state index contributed by atoms with van der Waals surface area (Å²) < 4.78 is 4.68. The van der Waals surface area contributed by atoms with E-state index in [1.807, 2.05) is 13.0 Å². The molecule has 0 aromatic carbocycles. The van der Waals surface area contributed by atoms with Gasteiger partial charge in [-0.25, -0.2) is 14.8 Å². The Bertz CT molecular complexity index is 440. The van der Waals surface area contributed by atoms with Crippen molar-refractivity contribution in [3.8, 4) is 0 Å². The van der Waals surface area contributed by atoms with Crippen LogP contribution in [-0.2, 0) is 4.74 Å². The Balaban J connectivity index is 2.22. The lowest BCUT2D eigenvalue weighted by molar-refractivity contribution is 0.0585. The maximum absolute atomic E-state index is 11.5. The van der Waals surface area contributed by atoms with Crippen LogP contribution in [0.5, 0.6) is 0 Å². The summed E-state index contributed by atoms with van der Waals surface area (Å²) in [5, 5.41) is 0. The van der Waals surface area contributed by atoms with Gasteiger partial charge in [-0.05, 0) is 46.0 Å². The Labute approximate surface area is 107 Å². The molecule has 1 fully saturated rings. The van der Waals surface area contributed by atoms with Crippen LogP contribution in [0.4, 0.5) is 0 Å². The summed E-state index contributed by atoms with van der Waals surface area (Å²) in [7, 11) is 3.48. The maximum Gasteiger partial charge on any atom is 0.376 e. The van der Waals surface area contributed by atoms with Gasteiger partial charge in [0.25, 0.3) is 0 Å². The molecule has 1 aliphatic rings. The van der Waals surface area contributed by atoms with E-state index >= 15 is 0 Å². The number of rotatable bonds is 2. The van der Waals surface area contributed by atoms with Crippen LogP contribution in [0.1, 0.15) is 40.8 Å². The first-order chi connectivity index (χ1) is 8.60. The minimum Gasteiger partial charge on any atom is -0.463 e. The molecule has 1 aromatic heterocycles. The van der Waals surface area contributed by atoms with Crippen molar-refractivity contribution in [1.82, 2.24) is 14.9 Å². The topological polar surface area (TPSA) is 55.3 Å². The first-order valence-electron chi connectivity index (χ1n) is 6.22. The molecule has 98 valence electrons. The number of ether oxygens (including phenoxy) is 1. The summed E-state index contributed by atoms with van der Waals surface area (Å²) in [4.78, 5) is 22.3. The van der Waals surface area contributed by atoms with Crippen LogP contribution < -0.4 is 0 Å². The number of carbonyl (C=O) groups is 1. The molecule has 2 rings (SSSR count). The van der Waals surface area contributed by atoms with Gasteiger partial charge in [-0.2, -0.15) is 0 Å². The van der Waals surface area contributed by atoms with Crippen LogP contribution in [0.25, 0.3) is 0 Å². The second-order valence-corrected chi connectivity index (χ2v) is 4.83. The number of methoxy groups -OCH3 is 1. The molecule has 0 N–H and O–H groups in total. The van der Waals surface area contributed by atoms with Crippen molar-refractivity contribution in [1.29, 1.82) is 0 Å². The highest BCUT2D eigenvalue weighted by Gasteiger charge is 2.21. The molecule has 1 saturated heterocycles. The Morgan fingerprint density at radius 3 is 2.67 bits per heavy atom. The first kappa shape index (κ1) is 13.0. The molecule has 0 bridgehead atoms. The highest BCUT2D eigenvalue weighted by Crippen LogP contribution is 2.26. The van der Waals surface area contributed by atoms with Crippen molar-refractivity contribution < 1.29 is 9.53 Å². The summed E-state index contributed by atoms with van der Waals surface area (Å²) in [5.41, 5.74) is 1.79. The second kappa shape index (κ2) is 5.44. The van der Waals surface area contributed by atoms with Crippen molar-refractivity contribution in [2.24, 2.45) is 0 Å². The standard InChI is InChI=1S/C13H19N3O2/c1-9-8-11(10-4-6-16(2)7-5-10)15-12(14-9)13(17)18-3/h8,10H,4-7H2,1-3H3. The van der Waals surface area contributed by atoms with Crippen molar-refractivity contribution in [3.63, 3.8) is 0 Å². The van der Waals surface area contributed by atoms with E-state index in [0.717, 1.165) is 37.3 Å². The Hall–Kier alpha value is -1.49. The smallest absolute Gasteiger partial charge is 0.376 e. The third-order valence-corrected chi connectivity index (χ3v) is 3.38. The van der Waals surface area contributed by atoms with Crippen LogP contribution in [0.15, 0.2) is 6.07 Å². The monoisotopic (exact) mass is 249 g/mol. The van der Waals surface area contributed by atoms with E-state index in [0.29, 0.717) is 5.92 Å². The number of hydrogen-bond donors (Lipinski definition) is 0. The number of aromatic nitrogens is 2. The van der Waals surface area contributed by atoms with Crippen LogP contribution in [0.2, 0.25) is 0 Å². The van der Waals surface area contributed by atoms with E-state index in [9.17, 15) is 4.79 Å². The van der Waals surface area contributed by atoms with Crippen molar-refractivity contribution >= 4 is 5.97 Å². The van der Waals surface area contributed by atoms with E-state index in [1.54, 1.807) is 0 Å². The van der Waals surface area contributed by atoms with Crippen molar-refractivity contribution in [3.05, 3.63) is 23.3 Å². The van der Waals surface area contributed by atoms with Gasteiger partial charge >= 0.3 is 5.97 Å². The molecule has 0 saturated carbocycles. The average Bonchev–Trinajstić information content (AvgIpc) is 2.38. The fourth-order valence-electron chi connectivity index (χ4n) is 2.29. The second-order valence-electron chi connectivity index (χ2n) is 4.83. The lowest BCUT2D eigenvalue weighted by atomic mass is 9.93. The van der Waals surface area contributed by atoms with Gasteiger partial charge < -0.3 is 9.64 Å². The largest absolute Gasteiger partial charge is 0.463 e. The fourth-order valence-corrected chi connectivity index (χ4v) is 2.29. The molecule has 2 heterocycles. The van der Waals surface area contributed by atoms with Crippen LogP contribution >= 0.6 is 0 Å². The van der Waals surface area contributed by atoms with Gasteiger partial charge in [0.1, 0.15) is 0 Å². The van der Waals surface area contributed by atoms with Gasteiger partial charge in [0.15, 0.2) is 0 Å². The molecular formula is C13H19N3O2. The van der Waals surface area contributed by atoms with Crippen LogP contribution in [0.3, 0.4) is 0 Å². The quantitative estimate of drug-likeness (QED) is 0.741. The van der Waals surface area contributed by atoms with Gasteiger partial charge in [0, 0.05) is 17.3 Å². The molecule has 0 spiro atoms. The predicted molar refractivity (Wildman–Crippen MR) is 67.6 cm³/mol. The Morgan fingerprint density at radius 2 is 2.06 bits per heavy atom. The number of nitrogens with zero attached hydrogens (tertiary/aromatic N) is 3. The molecule has 0 atom stereocenters.